The van der Waals surface area contributed by atoms with Gasteiger partial charge in [-0.3, -0.25) is 14.4 Å². The Bertz CT molecular complexity index is 976. The summed E-state index contributed by atoms with van der Waals surface area (Å²) in [6.07, 6.45) is 23.8. The van der Waals surface area contributed by atoms with Crippen molar-refractivity contribution in [1.29, 1.82) is 0 Å². The summed E-state index contributed by atoms with van der Waals surface area (Å²) in [5.74, 6) is -0.257. The van der Waals surface area contributed by atoms with E-state index in [1.54, 1.807) is 0 Å². The number of nitrogens with two attached hydrogens (primary N) is 1. The van der Waals surface area contributed by atoms with Crippen LogP contribution in [-0.4, -0.2) is 31.9 Å². The van der Waals surface area contributed by atoms with E-state index in [-0.39, 0.29) is 16.2 Å². The summed E-state index contributed by atoms with van der Waals surface area (Å²) >= 11 is 0. The lowest BCUT2D eigenvalue weighted by Gasteiger charge is -2.16. The summed E-state index contributed by atoms with van der Waals surface area (Å²) in [5, 5.41) is 7.81. The van der Waals surface area contributed by atoms with Gasteiger partial charge in [0, 0.05) is 18.4 Å². The van der Waals surface area contributed by atoms with Gasteiger partial charge < -0.3 is 5.32 Å². The maximum Gasteiger partial charge on any atom is 0.251 e. The fraction of sp³-hybridized carbons (Fsp3) is 0.727. The van der Waals surface area contributed by atoms with Gasteiger partial charge in [-0.15, -0.1) is 0 Å². The third kappa shape index (κ3) is 18.9. The molecule has 1 aromatic rings. The van der Waals surface area contributed by atoms with Crippen LogP contribution >= 0.6 is 0 Å². The Balaban J connectivity index is 2.05. The lowest BCUT2D eigenvalue weighted by Crippen LogP contribution is -2.39. The van der Waals surface area contributed by atoms with Gasteiger partial charge in [0.15, 0.2) is 5.78 Å². The lowest BCUT2D eigenvalue weighted by molar-refractivity contribution is -0.120. The number of ketones is 2. The van der Waals surface area contributed by atoms with Crippen molar-refractivity contribution < 1.29 is 22.8 Å². The largest absolute Gasteiger partial charge is 0.342 e. The summed E-state index contributed by atoms with van der Waals surface area (Å²) in [4.78, 5) is 36.7. The second-order valence-electron chi connectivity index (χ2n) is 11.5. The Hall–Kier alpha value is -2.06. The van der Waals surface area contributed by atoms with Crippen LogP contribution in [0.15, 0.2) is 29.2 Å². The molecule has 1 aromatic carbocycles. The van der Waals surface area contributed by atoms with E-state index < -0.39 is 22.0 Å². The van der Waals surface area contributed by atoms with Crippen LogP contribution in [0.4, 0.5) is 0 Å². The van der Waals surface area contributed by atoms with Crippen molar-refractivity contribution in [3.05, 3.63) is 29.8 Å². The van der Waals surface area contributed by atoms with E-state index >= 15 is 0 Å². The Kier molecular flexibility index (Phi) is 20.3. The third-order valence-corrected chi connectivity index (χ3v) is 8.68. The van der Waals surface area contributed by atoms with Crippen molar-refractivity contribution in [2.75, 3.05) is 0 Å². The van der Waals surface area contributed by atoms with Gasteiger partial charge in [-0.25, -0.2) is 13.6 Å². The molecular formula is C33H56N2O5S. The Morgan fingerprint density at radius 3 is 1.51 bits per heavy atom. The summed E-state index contributed by atoms with van der Waals surface area (Å²) < 4.78 is 22.7. The standard InChI is InChI=1S/C33H56N2O5S/c1-3-4-5-6-7-8-9-10-11-12-13-14-15-16-18-21-30(37)22-19-17-20-23-32(28(2)36)35-33(38)29-24-26-31(27-25-29)41(34,39)40/h24-27,32H,3-23H2,1-2H3,(H,35,38)(H2,34,39,40)/t32-/m0/s1. The van der Waals surface area contributed by atoms with Crippen LogP contribution in [0, 0.1) is 0 Å². The minimum Gasteiger partial charge on any atom is -0.342 e. The van der Waals surface area contributed by atoms with E-state index in [2.05, 4.69) is 12.2 Å². The minimum atomic E-state index is -3.83. The molecule has 0 radical (unpaired) electrons. The summed E-state index contributed by atoms with van der Waals surface area (Å²) in [6, 6.07) is 4.66. The van der Waals surface area contributed by atoms with Gasteiger partial charge in [-0.2, -0.15) is 0 Å². The van der Waals surface area contributed by atoms with Crippen molar-refractivity contribution in [2.24, 2.45) is 5.14 Å². The van der Waals surface area contributed by atoms with Crippen molar-refractivity contribution in [3.8, 4) is 0 Å². The quantitative estimate of drug-likeness (QED) is 0.106. The van der Waals surface area contributed by atoms with E-state index in [4.69, 9.17) is 5.14 Å². The van der Waals surface area contributed by atoms with Crippen LogP contribution in [0.5, 0.6) is 0 Å². The number of benzene rings is 1. The first kappa shape index (κ1) is 37.0. The fourth-order valence-electron chi connectivity index (χ4n) is 5.08. The number of unbranched alkanes of at least 4 members (excludes halogenated alkanes) is 16. The second kappa shape index (κ2) is 22.5. The van der Waals surface area contributed by atoms with Crippen molar-refractivity contribution in [1.82, 2.24) is 5.32 Å². The summed E-state index contributed by atoms with van der Waals surface area (Å²) in [7, 11) is -3.83. The molecule has 0 saturated heterocycles. The molecule has 0 aromatic heterocycles. The lowest BCUT2D eigenvalue weighted by atomic mass is 10.0. The maximum absolute atomic E-state index is 12.5. The van der Waals surface area contributed by atoms with Crippen molar-refractivity contribution >= 4 is 27.5 Å². The van der Waals surface area contributed by atoms with Crippen LogP contribution in [-0.2, 0) is 19.6 Å². The molecule has 0 fully saturated rings. The molecule has 0 saturated carbocycles. The number of Topliss-reactive ketones (excluding diaryl/α,β-unsaturated/α-hetero) is 2. The average Bonchev–Trinajstić information content (AvgIpc) is 2.93. The highest BCUT2D eigenvalue weighted by Gasteiger charge is 2.18. The Labute approximate surface area is 249 Å². The first-order valence-corrected chi connectivity index (χ1v) is 17.7. The predicted octanol–water partition coefficient (Wildman–Crippen LogP) is 7.80. The van der Waals surface area contributed by atoms with Crippen LogP contribution < -0.4 is 10.5 Å². The normalized spacial score (nSPS) is 12.3. The number of carbonyl (C=O) groups excluding carboxylic acids is 3. The molecule has 0 unspecified atom stereocenters. The molecule has 1 amide bonds. The number of carbonyl (C=O) groups is 3. The summed E-state index contributed by atoms with van der Waals surface area (Å²) in [5.41, 5.74) is 0.257. The molecule has 3 N–H and O–H groups in total. The molecule has 0 aliphatic heterocycles. The molecule has 0 bridgehead atoms. The molecule has 7 nitrogen and oxygen atoms in total. The first-order valence-electron chi connectivity index (χ1n) is 16.1. The van der Waals surface area contributed by atoms with E-state index in [0.717, 1.165) is 32.1 Å². The number of hydrogen-bond acceptors (Lipinski definition) is 5. The number of sulfonamides is 1. The second-order valence-corrected chi connectivity index (χ2v) is 13.1. The first-order chi connectivity index (χ1) is 19.6. The van der Waals surface area contributed by atoms with Gasteiger partial charge in [-0.1, -0.05) is 110 Å². The molecule has 0 spiro atoms. The highest BCUT2D eigenvalue weighted by molar-refractivity contribution is 7.89. The van der Waals surface area contributed by atoms with E-state index in [0.29, 0.717) is 25.0 Å². The zero-order valence-electron chi connectivity index (χ0n) is 25.8. The zero-order valence-corrected chi connectivity index (χ0v) is 26.6. The number of primary sulfonamides is 1. The molecule has 0 aliphatic rings. The molecule has 41 heavy (non-hydrogen) atoms. The number of rotatable bonds is 26. The van der Waals surface area contributed by atoms with Gasteiger partial charge in [-0.05, 0) is 50.5 Å². The fourth-order valence-corrected chi connectivity index (χ4v) is 5.60. The molecule has 0 aliphatic carbocycles. The number of nitrogens with one attached hydrogen (secondary N) is 1. The number of hydrogen-bond donors (Lipinski definition) is 2. The zero-order chi connectivity index (χ0) is 30.3. The van der Waals surface area contributed by atoms with Crippen molar-refractivity contribution in [2.45, 2.75) is 160 Å². The van der Waals surface area contributed by atoms with Gasteiger partial charge in [0.2, 0.25) is 10.0 Å². The SMILES string of the molecule is CCCCCCCCCCCCCCCCCC(=O)CCCCC[C@H](NC(=O)c1ccc(S(N)(=O)=O)cc1)C(C)=O. The highest BCUT2D eigenvalue weighted by atomic mass is 32.2. The smallest absolute Gasteiger partial charge is 0.251 e. The Morgan fingerprint density at radius 2 is 1.10 bits per heavy atom. The van der Waals surface area contributed by atoms with E-state index in [1.165, 1.54) is 115 Å². The monoisotopic (exact) mass is 592 g/mol. The van der Waals surface area contributed by atoms with Crippen LogP contribution in [0.2, 0.25) is 0 Å². The van der Waals surface area contributed by atoms with E-state index in [9.17, 15) is 22.8 Å². The predicted molar refractivity (Wildman–Crippen MR) is 167 cm³/mol. The van der Waals surface area contributed by atoms with Gasteiger partial charge >= 0.3 is 0 Å². The molecule has 8 heteroatoms. The Morgan fingerprint density at radius 1 is 0.683 bits per heavy atom. The highest BCUT2D eigenvalue weighted by Crippen LogP contribution is 2.15. The van der Waals surface area contributed by atoms with Gasteiger partial charge in [0.25, 0.3) is 5.91 Å². The van der Waals surface area contributed by atoms with Gasteiger partial charge in [0.1, 0.15) is 5.78 Å². The number of amides is 1. The summed E-state index contributed by atoms with van der Waals surface area (Å²) in [6.45, 7) is 3.70. The molecule has 0 heterocycles. The van der Waals surface area contributed by atoms with Crippen molar-refractivity contribution in [3.63, 3.8) is 0 Å². The van der Waals surface area contributed by atoms with Crippen LogP contribution in [0.3, 0.4) is 0 Å². The third-order valence-electron chi connectivity index (χ3n) is 7.75. The minimum absolute atomic E-state index is 0.0775. The average molecular weight is 593 g/mol. The van der Waals surface area contributed by atoms with Crippen LogP contribution in [0.1, 0.15) is 159 Å². The molecule has 234 valence electrons. The topological polar surface area (TPSA) is 123 Å². The maximum atomic E-state index is 12.5. The molecule has 1 rings (SSSR count). The van der Waals surface area contributed by atoms with Gasteiger partial charge in [0.05, 0.1) is 10.9 Å². The van der Waals surface area contributed by atoms with E-state index in [1.807, 2.05) is 0 Å². The molecule has 1 atom stereocenters. The molecular weight excluding hydrogens is 536 g/mol. The van der Waals surface area contributed by atoms with Crippen LogP contribution in [0.25, 0.3) is 0 Å².